The lowest BCUT2D eigenvalue weighted by Gasteiger charge is -2.19. The molecule has 1 heterocycles. The Kier molecular flexibility index (Phi) is 5.42. The van der Waals surface area contributed by atoms with Crippen LogP contribution in [0.25, 0.3) is 0 Å². The third kappa shape index (κ3) is 4.38. The third-order valence-corrected chi connectivity index (χ3v) is 4.59. The lowest BCUT2D eigenvalue weighted by atomic mass is 10.0. The topological polar surface area (TPSA) is 76.7 Å². The number of amides is 2. The van der Waals surface area contributed by atoms with Crippen LogP contribution in [-0.4, -0.2) is 24.6 Å². The predicted molar refractivity (Wildman–Crippen MR) is 109 cm³/mol. The molecule has 0 aromatic heterocycles. The molecule has 146 valence electrons. The zero-order valence-electron chi connectivity index (χ0n) is 15.6. The van der Waals surface area contributed by atoms with Crippen molar-refractivity contribution in [1.82, 2.24) is 5.32 Å². The van der Waals surface area contributed by atoms with Crippen LogP contribution in [0.1, 0.15) is 15.9 Å². The molecule has 0 bridgehead atoms. The highest BCUT2D eigenvalue weighted by molar-refractivity contribution is 6.02. The summed E-state index contributed by atoms with van der Waals surface area (Å²) in [5.74, 6) is 0.436. The number of fused-ring (bicyclic) bond motifs is 1. The van der Waals surface area contributed by atoms with Gasteiger partial charge in [-0.1, -0.05) is 54.6 Å². The van der Waals surface area contributed by atoms with Crippen molar-refractivity contribution < 1.29 is 19.1 Å². The van der Waals surface area contributed by atoms with Crippen LogP contribution < -0.4 is 20.1 Å². The predicted octanol–water partition coefficient (Wildman–Crippen LogP) is 3.40. The van der Waals surface area contributed by atoms with Gasteiger partial charge in [-0.2, -0.15) is 0 Å². The largest absolute Gasteiger partial charge is 0.454 e. The number of carbonyl (C=O) groups is 2. The van der Waals surface area contributed by atoms with Crippen molar-refractivity contribution >= 4 is 17.5 Å². The minimum atomic E-state index is -0.761. The molecule has 0 saturated carbocycles. The van der Waals surface area contributed by atoms with E-state index in [4.69, 9.17) is 9.47 Å². The molecule has 29 heavy (non-hydrogen) atoms. The molecule has 3 aromatic rings. The van der Waals surface area contributed by atoms with Gasteiger partial charge in [0.25, 0.3) is 5.91 Å². The van der Waals surface area contributed by atoms with Crippen LogP contribution in [0.3, 0.4) is 0 Å². The highest BCUT2D eigenvalue weighted by Gasteiger charge is 2.25. The lowest BCUT2D eigenvalue weighted by molar-refractivity contribution is -0.118. The van der Waals surface area contributed by atoms with Gasteiger partial charge in [0.2, 0.25) is 12.7 Å². The van der Waals surface area contributed by atoms with Crippen LogP contribution in [0, 0.1) is 0 Å². The number of hydrogen-bond acceptors (Lipinski definition) is 4. The van der Waals surface area contributed by atoms with E-state index in [1.165, 1.54) is 0 Å². The molecule has 0 unspecified atom stereocenters. The molecule has 6 nitrogen and oxygen atoms in total. The molecule has 0 aliphatic carbocycles. The Labute approximate surface area is 168 Å². The second-order valence-corrected chi connectivity index (χ2v) is 6.61. The first kappa shape index (κ1) is 18.6. The minimum Gasteiger partial charge on any atom is -0.454 e. The average Bonchev–Trinajstić information content (AvgIpc) is 3.24. The maximum Gasteiger partial charge on any atom is 0.251 e. The SMILES string of the molecule is O=C(N[C@H](Cc1ccccc1)C(=O)Nc1cccc2c1OCO2)c1ccccc1. The monoisotopic (exact) mass is 388 g/mol. The van der Waals surface area contributed by atoms with E-state index in [0.29, 0.717) is 29.2 Å². The molecule has 1 aliphatic rings. The van der Waals surface area contributed by atoms with Crippen molar-refractivity contribution in [1.29, 1.82) is 0 Å². The van der Waals surface area contributed by atoms with Gasteiger partial charge in [0.15, 0.2) is 11.5 Å². The van der Waals surface area contributed by atoms with Crippen LogP contribution in [0.4, 0.5) is 5.69 Å². The summed E-state index contributed by atoms with van der Waals surface area (Å²) in [6.07, 6.45) is 0.359. The molecule has 2 N–H and O–H groups in total. The van der Waals surface area contributed by atoms with Crippen LogP contribution in [0.15, 0.2) is 78.9 Å². The number of hydrogen-bond donors (Lipinski definition) is 2. The fraction of sp³-hybridized carbons (Fsp3) is 0.130. The maximum absolute atomic E-state index is 13.1. The Bertz CT molecular complexity index is 1010. The average molecular weight is 388 g/mol. The number of rotatable bonds is 6. The smallest absolute Gasteiger partial charge is 0.251 e. The van der Waals surface area contributed by atoms with E-state index in [1.54, 1.807) is 42.5 Å². The lowest BCUT2D eigenvalue weighted by Crippen LogP contribution is -2.45. The molecular weight excluding hydrogens is 368 g/mol. The van der Waals surface area contributed by atoms with E-state index >= 15 is 0 Å². The second kappa shape index (κ2) is 8.48. The van der Waals surface area contributed by atoms with Crippen molar-refractivity contribution in [3.05, 3.63) is 90.0 Å². The van der Waals surface area contributed by atoms with E-state index in [1.807, 2.05) is 36.4 Å². The van der Waals surface area contributed by atoms with E-state index in [2.05, 4.69) is 10.6 Å². The summed E-state index contributed by atoms with van der Waals surface area (Å²) < 4.78 is 10.8. The molecule has 6 heteroatoms. The van der Waals surface area contributed by atoms with Crippen molar-refractivity contribution in [2.24, 2.45) is 0 Å². The summed E-state index contributed by atoms with van der Waals surface area (Å²) >= 11 is 0. The van der Waals surface area contributed by atoms with E-state index in [-0.39, 0.29) is 18.6 Å². The number of anilines is 1. The van der Waals surface area contributed by atoms with Crippen molar-refractivity contribution in [3.63, 3.8) is 0 Å². The van der Waals surface area contributed by atoms with Gasteiger partial charge >= 0.3 is 0 Å². The Hall–Kier alpha value is -3.80. The summed E-state index contributed by atoms with van der Waals surface area (Å²) in [7, 11) is 0. The van der Waals surface area contributed by atoms with Gasteiger partial charge in [-0.05, 0) is 29.8 Å². The molecule has 3 aromatic carbocycles. The number of benzene rings is 3. The Morgan fingerprint density at radius 1 is 0.862 bits per heavy atom. The Morgan fingerprint density at radius 3 is 2.34 bits per heavy atom. The van der Waals surface area contributed by atoms with Gasteiger partial charge in [0, 0.05) is 12.0 Å². The quantitative estimate of drug-likeness (QED) is 0.679. The molecule has 0 radical (unpaired) electrons. The van der Waals surface area contributed by atoms with Crippen molar-refractivity contribution in [2.45, 2.75) is 12.5 Å². The van der Waals surface area contributed by atoms with Gasteiger partial charge in [0.1, 0.15) is 6.04 Å². The van der Waals surface area contributed by atoms with E-state index in [0.717, 1.165) is 5.56 Å². The molecule has 1 atom stereocenters. The summed E-state index contributed by atoms with van der Waals surface area (Å²) in [6.45, 7) is 0.112. The number of para-hydroxylation sites is 1. The molecule has 0 saturated heterocycles. The van der Waals surface area contributed by atoms with Gasteiger partial charge in [-0.15, -0.1) is 0 Å². The van der Waals surface area contributed by atoms with Crippen molar-refractivity contribution in [2.75, 3.05) is 12.1 Å². The zero-order valence-corrected chi connectivity index (χ0v) is 15.6. The van der Waals surface area contributed by atoms with E-state index < -0.39 is 6.04 Å². The highest BCUT2D eigenvalue weighted by Crippen LogP contribution is 2.38. The second-order valence-electron chi connectivity index (χ2n) is 6.61. The molecule has 0 spiro atoms. The number of nitrogens with one attached hydrogen (secondary N) is 2. The van der Waals surface area contributed by atoms with Crippen LogP contribution in [-0.2, 0) is 11.2 Å². The van der Waals surface area contributed by atoms with Gasteiger partial charge in [-0.25, -0.2) is 0 Å². The first-order valence-corrected chi connectivity index (χ1v) is 9.30. The van der Waals surface area contributed by atoms with Gasteiger partial charge < -0.3 is 20.1 Å². The van der Waals surface area contributed by atoms with E-state index in [9.17, 15) is 9.59 Å². The van der Waals surface area contributed by atoms with Crippen LogP contribution in [0.5, 0.6) is 11.5 Å². The molecule has 1 aliphatic heterocycles. The summed E-state index contributed by atoms with van der Waals surface area (Å²) in [6, 6.07) is 22.9. The first-order chi connectivity index (χ1) is 14.2. The highest BCUT2D eigenvalue weighted by atomic mass is 16.7. The standard InChI is InChI=1S/C23H20N2O4/c26-22(17-10-5-2-6-11-17)25-19(14-16-8-3-1-4-9-16)23(27)24-18-12-7-13-20-21(18)29-15-28-20/h1-13,19H,14-15H2,(H,24,27)(H,25,26)/t19-/m1/s1. The molecule has 4 rings (SSSR count). The minimum absolute atomic E-state index is 0.112. The Balaban J connectivity index is 1.55. The molecular formula is C23H20N2O4. The van der Waals surface area contributed by atoms with Crippen molar-refractivity contribution in [3.8, 4) is 11.5 Å². The fourth-order valence-corrected chi connectivity index (χ4v) is 3.14. The van der Waals surface area contributed by atoms with Gasteiger partial charge in [0.05, 0.1) is 5.69 Å². The normalized spacial score (nSPS) is 12.8. The van der Waals surface area contributed by atoms with Crippen LogP contribution >= 0.6 is 0 Å². The van der Waals surface area contributed by atoms with Gasteiger partial charge in [-0.3, -0.25) is 9.59 Å². The third-order valence-electron chi connectivity index (χ3n) is 4.59. The first-order valence-electron chi connectivity index (χ1n) is 9.30. The number of ether oxygens (including phenoxy) is 2. The Morgan fingerprint density at radius 2 is 1.59 bits per heavy atom. The zero-order chi connectivity index (χ0) is 20.1. The fourth-order valence-electron chi connectivity index (χ4n) is 3.14. The molecule has 2 amide bonds. The maximum atomic E-state index is 13.1. The number of carbonyl (C=O) groups excluding carboxylic acids is 2. The summed E-state index contributed by atoms with van der Waals surface area (Å²) in [5.41, 5.74) is 1.95. The van der Waals surface area contributed by atoms with Crippen LogP contribution in [0.2, 0.25) is 0 Å². The summed E-state index contributed by atoms with van der Waals surface area (Å²) in [5, 5.41) is 5.71. The molecule has 0 fully saturated rings. The summed E-state index contributed by atoms with van der Waals surface area (Å²) in [4.78, 5) is 25.7.